The molecule has 1 aromatic heterocycles. The molecule has 0 radical (unpaired) electrons. The molecule has 35 heavy (non-hydrogen) atoms. The van der Waals surface area contributed by atoms with E-state index in [4.69, 9.17) is 4.74 Å². The highest BCUT2D eigenvalue weighted by Crippen LogP contribution is 2.30. The zero-order valence-electron chi connectivity index (χ0n) is 20.1. The van der Waals surface area contributed by atoms with Crippen LogP contribution in [0.25, 0.3) is 11.0 Å². The topological polar surface area (TPSA) is 89.4 Å². The van der Waals surface area contributed by atoms with Crippen LogP contribution < -0.4 is 10.2 Å². The molecular weight excluding hydrogens is 442 g/mol. The molecule has 0 fully saturated rings. The van der Waals surface area contributed by atoms with E-state index < -0.39 is 6.04 Å². The predicted octanol–water partition coefficient (Wildman–Crippen LogP) is 3.59. The van der Waals surface area contributed by atoms with Crippen molar-refractivity contribution in [2.45, 2.75) is 26.4 Å². The van der Waals surface area contributed by atoms with E-state index in [1.807, 2.05) is 86.6 Å². The number of rotatable bonds is 9. The number of hydrogen-bond acceptors (Lipinski definition) is 5. The fourth-order valence-corrected chi connectivity index (χ4v) is 3.98. The van der Waals surface area contributed by atoms with Crippen LogP contribution in [-0.4, -0.2) is 47.1 Å². The molecule has 8 nitrogen and oxygen atoms in total. The van der Waals surface area contributed by atoms with E-state index >= 15 is 0 Å². The maximum atomic E-state index is 13.9. The van der Waals surface area contributed by atoms with E-state index in [1.54, 1.807) is 16.7 Å². The highest BCUT2D eigenvalue weighted by Gasteiger charge is 2.33. The molecule has 3 aromatic carbocycles. The second-order valence-electron chi connectivity index (χ2n) is 8.37. The average Bonchev–Trinajstić information content (AvgIpc) is 3.27. The van der Waals surface area contributed by atoms with E-state index in [0.717, 1.165) is 16.6 Å². The molecule has 1 unspecified atom stereocenters. The van der Waals surface area contributed by atoms with Crippen molar-refractivity contribution in [3.8, 4) is 0 Å². The summed E-state index contributed by atoms with van der Waals surface area (Å²) in [5.74, 6) is -0.567. The van der Waals surface area contributed by atoms with Crippen LogP contribution in [0.3, 0.4) is 0 Å². The number of amides is 2. The van der Waals surface area contributed by atoms with Crippen LogP contribution in [0.1, 0.15) is 22.7 Å². The highest BCUT2D eigenvalue weighted by atomic mass is 16.5. The Balaban J connectivity index is 1.78. The predicted molar refractivity (Wildman–Crippen MR) is 135 cm³/mol. The number of para-hydroxylation sites is 1. The van der Waals surface area contributed by atoms with Gasteiger partial charge in [0, 0.05) is 19.3 Å². The molecule has 8 heteroatoms. The monoisotopic (exact) mass is 471 g/mol. The second kappa shape index (κ2) is 10.9. The van der Waals surface area contributed by atoms with Crippen LogP contribution in [0.2, 0.25) is 0 Å². The molecule has 1 N–H and O–H groups in total. The molecule has 4 aromatic rings. The normalized spacial score (nSPS) is 11.9. The third-order valence-corrected chi connectivity index (χ3v) is 5.97. The number of benzene rings is 3. The van der Waals surface area contributed by atoms with Gasteiger partial charge in [-0.05, 0) is 54.8 Å². The molecule has 0 bridgehead atoms. The van der Waals surface area contributed by atoms with E-state index in [1.165, 1.54) is 0 Å². The Hall–Kier alpha value is -4.04. The summed E-state index contributed by atoms with van der Waals surface area (Å²) in [7, 11) is 1.58. The Labute approximate surface area is 204 Å². The maximum Gasteiger partial charge on any atom is 0.249 e. The van der Waals surface area contributed by atoms with Gasteiger partial charge in [-0.1, -0.05) is 53.7 Å². The van der Waals surface area contributed by atoms with E-state index in [-0.39, 0.29) is 18.4 Å². The van der Waals surface area contributed by atoms with Gasteiger partial charge < -0.3 is 10.1 Å². The number of carbonyl (C=O) groups excluding carboxylic acids is 2. The highest BCUT2D eigenvalue weighted by molar-refractivity contribution is 6.01. The van der Waals surface area contributed by atoms with Gasteiger partial charge in [0.1, 0.15) is 18.1 Å². The first-order valence-electron chi connectivity index (χ1n) is 11.5. The number of nitrogens with zero attached hydrogens (tertiary/aromatic N) is 4. The molecule has 1 atom stereocenters. The van der Waals surface area contributed by atoms with Gasteiger partial charge in [-0.15, -0.1) is 5.10 Å². The summed E-state index contributed by atoms with van der Waals surface area (Å²) in [5.41, 5.74) is 4.93. The molecule has 0 spiro atoms. The summed E-state index contributed by atoms with van der Waals surface area (Å²) in [6.07, 6.45) is 0. The summed E-state index contributed by atoms with van der Waals surface area (Å²) >= 11 is 0. The Morgan fingerprint density at radius 2 is 1.74 bits per heavy atom. The Kier molecular flexibility index (Phi) is 7.52. The smallest absolute Gasteiger partial charge is 0.249 e. The van der Waals surface area contributed by atoms with Crippen molar-refractivity contribution < 1.29 is 14.3 Å². The lowest BCUT2D eigenvalue weighted by Crippen LogP contribution is -2.46. The molecular formula is C27H29N5O3. The lowest BCUT2D eigenvalue weighted by Gasteiger charge is -2.32. The Bertz CT molecular complexity index is 1320. The molecule has 1 heterocycles. The van der Waals surface area contributed by atoms with Gasteiger partial charge in [0.15, 0.2) is 0 Å². The van der Waals surface area contributed by atoms with Crippen molar-refractivity contribution >= 4 is 28.5 Å². The maximum absolute atomic E-state index is 13.9. The van der Waals surface area contributed by atoms with Gasteiger partial charge in [-0.2, -0.15) is 0 Å². The minimum Gasteiger partial charge on any atom is -0.383 e. The van der Waals surface area contributed by atoms with Gasteiger partial charge in [0.2, 0.25) is 11.8 Å². The van der Waals surface area contributed by atoms with Crippen LogP contribution in [0, 0.1) is 13.8 Å². The van der Waals surface area contributed by atoms with Crippen molar-refractivity contribution in [1.82, 2.24) is 20.3 Å². The number of methoxy groups -OCH3 is 1. The van der Waals surface area contributed by atoms with E-state index in [2.05, 4.69) is 15.6 Å². The Morgan fingerprint density at radius 3 is 2.49 bits per heavy atom. The van der Waals surface area contributed by atoms with Crippen molar-refractivity contribution in [3.63, 3.8) is 0 Å². The molecule has 0 saturated carbocycles. The third-order valence-electron chi connectivity index (χ3n) is 5.97. The van der Waals surface area contributed by atoms with Gasteiger partial charge >= 0.3 is 0 Å². The number of carbonyl (C=O) groups is 2. The quantitative estimate of drug-likeness (QED) is 0.377. The standard InChI is InChI=1S/C27H29N5O3/c1-19-13-14-22(17-20(19)2)32(25(33)18-31-24-12-8-7-11-23(24)29-30-31)26(21-9-5-4-6-10-21)27(34)28-15-16-35-3/h4-14,17,26H,15-16,18H2,1-3H3,(H,28,34). The second-order valence-corrected chi connectivity index (χ2v) is 8.37. The summed E-state index contributed by atoms with van der Waals surface area (Å²) in [6.45, 7) is 4.64. The fourth-order valence-electron chi connectivity index (χ4n) is 3.98. The van der Waals surface area contributed by atoms with Gasteiger partial charge in [0.25, 0.3) is 0 Å². The molecule has 0 aliphatic carbocycles. The number of aromatic nitrogens is 3. The number of nitrogens with one attached hydrogen (secondary N) is 1. The average molecular weight is 472 g/mol. The Morgan fingerprint density at radius 1 is 1.00 bits per heavy atom. The zero-order chi connectivity index (χ0) is 24.8. The third kappa shape index (κ3) is 5.38. The molecule has 2 amide bonds. The number of hydrogen-bond donors (Lipinski definition) is 1. The lowest BCUT2D eigenvalue weighted by molar-refractivity contribution is -0.127. The number of aryl methyl sites for hydroxylation is 2. The van der Waals surface area contributed by atoms with Crippen LogP contribution in [0.15, 0.2) is 72.8 Å². The van der Waals surface area contributed by atoms with Crippen LogP contribution in [0.4, 0.5) is 5.69 Å². The minimum atomic E-state index is -0.877. The SMILES string of the molecule is COCCNC(=O)C(c1ccccc1)N(C(=O)Cn1nnc2ccccc21)c1ccc(C)c(C)c1. The number of ether oxygens (including phenoxy) is 1. The zero-order valence-corrected chi connectivity index (χ0v) is 20.1. The van der Waals surface area contributed by atoms with Crippen LogP contribution in [0.5, 0.6) is 0 Å². The van der Waals surface area contributed by atoms with E-state index in [9.17, 15) is 9.59 Å². The van der Waals surface area contributed by atoms with Gasteiger partial charge in [0.05, 0.1) is 12.1 Å². The lowest BCUT2D eigenvalue weighted by atomic mass is 10.0. The molecule has 180 valence electrons. The van der Waals surface area contributed by atoms with Crippen molar-refractivity contribution in [2.24, 2.45) is 0 Å². The number of anilines is 1. The van der Waals surface area contributed by atoms with Crippen LogP contribution in [-0.2, 0) is 20.9 Å². The summed E-state index contributed by atoms with van der Waals surface area (Å²) in [4.78, 5) is 29.0. The molecule has 4 rings (SSSR count). The molecule has 0 saturated heterocycles. The summed E-state index contributed by atoms with van der Waals surface area (Å²) in [6, 6.07) is 21.7. The summed E-state index contributed by atoms with van der Waals surface area (Å²) < 4.78 is 6.66. The van der Waals surface area contributed by atoms with Crippen molar-refractivity contribution in [2.75, 3.05) is 25.2 Å². The van der Waals surface area contributed by atoms with Crippen molar-refractivity contribution in [1.29, 1.82) is 0 Å². The summed E-state index contributed by atoms with van der Waals surface area (Å²) in [5, 5.41) is 11.3. The molecule has 0 aliphatic rings. The first-order valence-corrected chi connectivity index (χ1v) is 11.5. The number of fused-ring (bicyclic) bond motifs is 1. The first-order chi connectivity index (χ1) is 17.0. The first kappa shape index (κ1) is 24.1. The fraction of sp³-hybridized carbons (Fsp3) is 0.259. The molecule has 0 aliphatic heterocycles. The largest absolute Gasteiger partial charge is 0.383 e. The van der Waals surface area contributed by atoms with Crippen molar-refractivity contribution in [3.05, 3.63) is 89.5 Å². The van der Waals surface area contributed by atoms with E-state index in [0.29, 0.717) is 29.9 Å². The van der Waals surface area contributed by atoms with Gasteiger partial charge in [-0.25, -0.2) is 4.68 Å². The minimum absolute atomic E-state index is 0.0673. The van der Waals surface area contributed by atoms with Gasteiger partial charge in [-0.3, -0.25) is 14.5 Å². The van der Waals surface area contributed by atoms with Crippen LogP contribution >= 0.6 is 0 Å².